The van der Waals surface area contributed by atoms with Gasteiger partial charge in [-0.15, -0.1) is 0 Å². The molecule has 158 valence electrons. The Balaban J connectivity index is 2.32. The summed E-state index contributed by atoms with van der Waals surface area (Å²) in [4.78, 5) is 13.1. The van der Waals surface area contributed by atoms with Crippen molar-refractivity contribution in [2.24, 2.45) is 5.92 Å². The number of carbonyl (C=O) groups is 1. The second kappa shape index (κ2) is 9.78. The Morgan fingerprint density at radius 2 is 1.72 bits per heavy atom. The molecule has 0 saturated carbocycles. The molecule has 0 bridgehead atoms. The molecule has 0 saturated heterocycles. The molecule has 29 heavy (non-hydrogen) atoms. The highest BCUT2D eigenvalue weighted by molar-refractivity contribution is 7.92. The fourth-order valence-corrected chi connectivity index (χ4v) is 4.45. The van der Waals surface area contributed by atoms with E-state index in [1.54, 1.807) is 31.2 Å². The third kappa shape index (κ3) is 6.22. The van der Waals surface area contributed by atoms with Crippen molar-refractivity contribution in [1.82, 2.24) is 5.32 Å². The summed E-state index contributed by atoms with van der Waals surface area (Å²) in [5.74, 6) is 0.527. The molecule has 0 aromatic heterocycles. The van der Waals surface area contributed by atoms with Crippen LogP contribution in [0.15, 0.2) is 54.6 Å². The summed E-state index contributed by atoms with van der Waals surface area (Å²) in [6.07, 6.45) is 1.85. The van der Waals surface area contributed by atoms with Gasteiger partial charge in [-0.1, -0.05) is 50.2 Å². The lowest BCUT2D eigenvalue weighted by molar-refractivity contribution is -0.122. The first-order chi connectivity index (χ1) is 13.6. The highest BCUT2D eigenvalue weighted by atomic mass is 32.2. The van der Waals surface area contributed by atoms with Gasteiger partial charge in [0.25, 0.3) is 0 Å². The van der Waals surface area contributed by atoms with Gasteiger partial charge in [0.05, 0.1) is 25.1 Å². The Hall–Kier alpha value is -2.54. The monoisotopic (exact) mass is 418 g/mol. The second-order valence-corrected chi connectivity index (χ2v) is 9.40. The lowest BCUT2D eigenvalue weighted by Gasteiger charge is -2.30. The summed E-state index contributed by atoms with van der Waals surface area (Å²) in [6.45, 7) is 5.77. The van der Waals surface area contributed by atoms with Gasteiger partial charge in [-0.2, -0.15) is 0 Å². The van der Waals surface area contributed by atoms with E-state index in [1.807, 2.05) is 30.3 Å². The molecule has 6 nitrogen and oxygen atoms in total. The van der Waals surface area contributed by atoms with Crippen LogP contribution in [0.3, 0.4) is 0 Å². The van der Waals surface area contributed by atoms with Gasteiger partial charge in [0.15, 0.2) is 0 Å². The molecule has 2 rings (SSSR count). The van der Waals surface area contributed by atoms with E-state index in [-0.39, 0.29) is 11.9 Å². The zero-order chi connectivity index (χ0) is 21.6. The van der Waals surface area contributed by atoms with E-state index in [0.717, 1.165) is 22.5 Å². The number of nitrogens with zero attached hydrogens (tertiary/aromatic N) is 1. The number of ether oxygens (including phenoxy) is 1. The molecule has 0 heterocycles. The van der Waals surface area contributed by atoms with Crippen molar-refractivity contribution in [2.45, 2.75) is 39.3 Å². The standard InChI is InChI=1S/C22H30N2O4S/c1-16(2)14-21(18-10-7-6-8-11-18)23-22(25)17(3)24(29(5,26)27)19-12-9-13-20(15-19)28-4/h6-13,15-17,21H,14H2,1-5H3,(H,23,25)/t17-,21-/m0/s1. The van der Waals surface area contributed by atoms with Crippen molar-refractivity contribution in [3.63, 3.8) is 0 Å². The van der Waals surface area contributed by atoms with Crippen molar-refractivity contribution < 1.29 is 17.9 Å². The molecule has 0 spiro atoms. The first-order valence-electron chi connectivity index (χ1n) is 9.62. The fourth-order valence-electron chi connectivity index (χ4n) is 3.28. The van der Waals surface area contributed by atoms with Gasteiger partial charge in [0, 0.05) is 6.07 Å². The van der Waals surface area contributed by atoms with Crippen molar-refractivity contribution in [2.75, 3.05) is 17.7 Å². The van der Waals surface area contributed by atoms with Crippen LogP contribution in [0.4, 0.5) is 5.69 Å². The minimum Gasteiger partial charge on any atom is -0.497 e. The minimum atomic E-state index is -3.69. The first kappa shape index (κ1) is 22.7. The normalized spacial score (nSPS) is 13.6. The van der Waals surface area contributed by atoms with Gasteiger partial charge >= 0.3 is 0 Å². The molecule has 1 N–H and O–H groups in total. The van der Waals surface area contributed by atoms with Crippen LogP contribution in [0.5, 0.6) is 5.75 Å². The van der Waals surface area contributed by atoms with E-state index in [9.17, 15) is 13.2 Å². The number of rotatable bonds is 9. The number of hydrogen-bond donors (Lipinski definition) is 1. The predicted octanol–water partition coefficient (Wildman–Crippen LogP) is 3.75. The first-order valence-corrected chi connectivity index (χ1v) is 11.5. The Bertz CT molecular complexity index is 913. The van der Waals surface area contributed by atoms with E-state index in [4.69, 9.17) is 4.74 Å². The molecule has 0 aliphatic rings. The highest BCUT2D eigenvalue weighted by Crippen LogP contribution is 2.26. The van der Waals surface area contributed by atoms with E-state index in [1.165, 1.54) is 7.11 Å². The summed E-state index contributed by atoms with van der Waals surface area (Å²) in [6, 6.07) is 15.3. The van der Waals surface area contributed by atoms with Crippen molar-refractivity contribution in [3.8, 4) is 5.75 Å². The van der Waals surface area contributed by atoms with Gasteiger partial charge in [-0.25, -0.2) is 8.42 Å². The van der Waals surface area contributed by atoms with Crippen molar-refractivity contribution in [1.29, 1.82) is 0 Å². The molecule has 0 aliphatic heterocycles. The Kier molecular flexibility index (Phi) is 7.67. The molecule has 2 aromatic rings. The minimum absolute atomic E-state index is 0.196. The molecule has 2 aromatic carbocycles. The summed E-state index contributed by atoms with van der Waals surface area (Å²) in [5.41, 5.74) is 1.38. The Morgan fingerprint density at radius 1 is 1.07 bits per heavy atom. The number of sulfonamides is 1. The zero-order valence-corrected chi connectivity index (χ0v) is 18.4. The molecular weight excluding hydrogens is 388 g/mol. The van der Waals surface area contributed by atoms with Gasteiger partial charge in [0.1, 0.15) is 11.8 Å². The number of anilines is 1. The van der Waals surface area contributed by atoms with Crippen LogP contribution < -0.4 is 14.4 Å². The van der Waals surface area contributed by atoms with Crippen LogP contribution >= 0.6 is 0 Å². The maximum atomic E-state index is 13.1. The number of carbonyl (C=O) groups excluding carboxylic acids is 1. The van der Waals surface area contributed by atoms with Gasteiger partial charge in [-0.05, 0) is 37.0 Å². The average molecular weight is 419 g/mol. The van der Waals surface area contributed by atoms with Crippen LogP contribution in [0.1, 0.15) is 38.8 Å². The van der Waals surface area contributed by atoms with E-state index in [0.29, 0.717) is 17.4 Å². The van der Waals surface area contributed by atoms with E-state index >= 15 is 0 Å². The summed E-state index contributed by atoms with van der Waals surface area (Å²) < 4.78 is 31.4. The molecule has 7 heteroatoms. The predicted molar refractivity (Wildman–Crippen MR) is 117 cm³/mol. The summed E-state index contributed by atoms with van der Waals surface area (Å²) >= 11 is 0. The van der Waals surface area contributed by atoms with E-state index in [2.05, 4.69) is 19.2 Å². The van der Waals surface area contributed by atoms with Gasteiger partial charge < -0.3 is 10.1 Å². The smallest absolute Gasteiger partial charge is 0.244 e. The molecule has 2 atom stereocenters. The molecule has 0 aliphatic carbocycles. The SMILES string of the molecule is COc1cccc(N([C@@H](C)C(=O)N[C@@H](CC(C)C)c2ccccc2)S(C)(=O)=O)c1. The van der Waals surface area contributed by atoms with Gasteiger partial charge in [0.2, 0.25) is 15.9 Å². The molecule has 0 unspecified atom stereocenters. The van der Waals surface area contributed by atoms with Crippen molar-refractivity contribution >= 4 is 21.6 Å². The second-order valence-electron chi connectivity index (χ2n) is 7.54. The maximum Gasteiger partial charge on any atom is 0.244 e. The quantitative estimate of drug-likeness (QED) is 0.673. The average Bonchev–Trinajstić information content (AvgIpc) is 2.67. The van der Waals surface area contributed by atoms with Crippen LogP contribution in [0.2, 0.25) is 0 Å². The number of nitrogens with one attached hydrogen (secondary N) is 1. The largest absolute Gasteiger partial charge is 0.497 e. The number of methoxy groups -OCH3 is 1. The summed E-state index contributed by atoms with van der Waals surface area (Å²) in [5, 5.41) is 3.04. The topological polar surface area (TPSA) is 75.7 Å². The lowest BCUT2D eigenvalue weighted by Crippen LogP contribution is -2.48. The third-order valence-electron chi connectivity index (χ3n) is 4.62. The van der Waals surface area contributed by atoms with Crippen LogP contribution in [-0.4, -0.2) is 33.7 Å². The fraction of sp³-hybridized carbons (Fsp3) is 0.409. The number of benzene rings is 2. The van der Waals surface area contributed by atoms with Crippen molar-refractivity contribution in [3.05, 3.63) is 60.2 Å². The van der Waals surface area contributed by atoms with Gasteiger partial charge in [-0.3, -0.25) is 9.10 Å². The number of amides is 1. The third-order valence-corrected chi connectivity index (χ3v) is 5.86. The Morgan fingerprint density at radius 3 is 2.28 bits per heavy atom. The Labute approximate surface area is 173 Å². The van der Waals surface area contributed by atoms with Crippen LogP contribution in [0, 0.1) is 5.92 Å². The number of hydrogen-bond acceptors (Lipinski definition) is 4. The van der Waals surface area contributed by atoms with Crippen LogP contribution in [-0.2, 0) is 14.8 Å². The molecule has 0 fully saturated rings. The lowest BCUT2D eigenvalue weighted by atomic mass is 9.96. The molecule has 1 amide bonds. The summed E-state index contributed by atoms with van der Waals surface area (Å²) in [7, 11) is -2.18. The highest BCUT2D eigenvalue weighted by Gasteiger charge is 2.31. The van der Waals surface area contributed by atoms with Crippen LogP contribution in [0.25, 0.3) is 0 Å². The molecular formula is C22H30N2O4S. The maximum absolute atomic E-state index is 13.1. The van der Waals surface area contributed by atoms with E-state index < -0.39 is 16.1 Å². The molecule has 0 radical (unpaired) electrons. The zero-order valence-electron chi connectivity index (χ0n) is 17.6.